The lowest BCUT2D eigenvalue weighted by Crippen LogP contribution is -2.34. The SMILES string of the molecule is CC1(O)CCCN(C(=O)c2nonc2N)CC1. The Morgan fingerprint density at radius 3 is 2.88 bits per heavy atom. The smallest absolute Gasteiger partial charge is 0.280 e. The Morgan fingerprint density at radius 1 is 1.47 bits per heavy atom. The number of hydrogen-bond donors (Lipinski definition) is 2. The van der Waals surface area contributed by atoms with E-state index >= 15 is 0 Å². The molecule has 0 bridgehead atoms. The van der Waals surface area contributed by atoms with Gasteiger partial charge in [-0.3, -0.25) is 4.79 Å². The van der Waals surface area contributed by atoms with Gasteiger partial charge >= 0.3 is 0 Å². The number of rotatable bonds is 1. The maximum absolute atomic E-state index is 12.0. The van der Waals surface area contributed by atoms with Crippen LogP contribution in [0.5, 0.6) is 0 Å². The predicted molar refractivity (Wildman–Crippen MR) is 59.1 cm³/mol. The first kappa shape index (κ1) is 11.8. The molecule has 1 saturated heterocycles. The van der Waals surface area contributed by atoms with E-state index in [-0.39, 0.29) is 17.4 Å². The number of anilines is 1. The second-order valence-corrected chi connectivity index (χ2v) is 4.64. The molecule has 2 rings (SSSR count). The molecule has 0 spiro atoms. The van der Waals surface area contributed by atoms with Crippen LogP contribution in [-0.2, 0) is 0 Å². The van der Waals surface area contributed by atoms with Crippen LogP contribution in [0, 0.1) is 0 Å². The molecule has 94 valence electrons. The molecule has 1 amide bonds. The molecule has 1 atom stereocenters. The number of likely N-dealkylation sites (tertiary alicyclic amines) is 1. The highest BCUT2D eigenvalue weighted by Gasteiger charge is 2.29. The average Bonchev–Trinajstić information content (AvgIpc) is 2.59. The Morgan fingerprint density at radius 2 is 2.24 bits per heavy atom. The summed E-state index contributed by atoms with van der Waals surface area (Å²) < 4.78 is 4.41. The third-order valence-corrected chi connectivity index (χ3v) is 3.07. The van der Waals surface area contributed by atoms with Crippen LogP contribution in [0.1, 0.15) is 36.7 Å². The molecule has 0 radical (unpaired) electrons. The van der Waals surface area contributed by atoms with E-state index < -0.39 is 5.60 Å². The van der Waals surface area contributed by atoms with Crippen LogP contribution in [0.15, 0.2) is 4.63 Å². The fraction of sp³-hybridized carbons (Fsp3) is 0.700. The zero-order valence-corrected chi connectivity index (χ0v) is 9.72. The Balaban J connectivity index is 2.08. The van der Waals surface area contributed by atoms with Crippen LogP contribution >= 0.6 is 0 Å². The van der Waals surface area contributed by atoms with E-state index in [9.17, 15) is 9.90 Å². The summed E-state index contributed by atoms with van der Waals surface area (Å²) in [4.78, 5) is 13.7. The molecule has 7 nitrogen and oxygen atoms in total. The van der Waals surface area contributed by atoms with Crippen LogP contribution in [-0.4, -0.2) is 44.9 Å². The van der Waals surface area contributed by atoms with E-state index in [1.165, 1.54) is 0 Å². The van der Waals surface area contributed by atoms with Gasteiger partial charge in [0.05, 0.1) is 5.60 Å². The first-order valence-corrected chi connectivity index (χ1v) is 5.59. The van der Waals surface area contributed by atoms with Crippen molar-refractivity contribution in [3.8, 4) is 0 Å². The van der Waals surface area contributed by atoms with Crippen molar-refractivity contribution in [3.63, 3.8) is 0 Å². The lowest BCUT2D eigenvalue weighted by Gasteiger charge is -2.21. The molecule has 1 aromatic heterocycles. The van der Waals surface area contributed by atoms with Gasteiger partial charge in [0.25, 0.3) is 5.91 Å². The number of nitrogen functional groups attached to an aromatic ring is 1. The number of aromatic nitrogens is 2. The molecule has 0 saturated carbocycles. The number of hydrogen-bond acceptors (Lipinski definition) is 6. The number of nitrogens with two attached hydrogens (primary N) is 1. The van der Waals surface area contributed by atoms with E-state index in [0.29, 0.717) is 25.9 Å². The van der Waals surface area contributed by atoms with E-state index in [4.69, 9.17) is 5.73 Å². The Kier molecular flexibility index (Phi) is 3.01. The van der Waals surface area contributed by atoms with Crippen molar-refractivity contribution in [2.75, 3.05) is 18.8 Å². The molecule has 7 heteroatoms. The summed E-state index contributed by atoms with van der Waals surface area (Å²) in [5.74, 6) is -0.285. The third-order valence-electron chi connectivity index (χ3n) is 3.07. The molecule has 1 aliphatic heterocycles. The maximum atomic E-state index is 12.0. The minimum Gasteiger partial charge on any atom is -0.390 e. The normalized spacial score (nSPS) is 25.6. The number of carbonyl (C=O) groups excluding carboxylic acids is 1. The van der Waals surface area contributed by atoms with E-state index in [2.05, 4.69) is 14.9 Å². The van der Waals surface area contributed by atoms with E-state index in [1.807, 2.05) is 0 Å². The van der Waals surface area contributed by atoms with E-state index in [0.717, 1.165) is 6.42 Å². The van der Waals surface area contributed by atoms with Gasteiger partial charge in [0.1, 0.15) is 0 Å². The molecule has 0 aromatic carbocycles. The van der Waals surface area contributed by atoms with Gasteiger partial charge in [-0.05, 0) is 36.5 Å². The van der Waals surface area contributed by atoms with Crippen LogP contribution < -0.4 is 5.73 Å². The minimum atomic E-state index is -0.706. The largest absolute Gasteiger partial charge is 0.390 e. The van der Waals surface area contributed by atoms with Crippen molar-refractivity contribution in [2.45, 2.75) is 31.8 Å². The fourth-order valence-corrected chi connectivity index (χ4v) is 1.96. The average molecular weight is 240 g/mol. The summed E-state index contributed by atoms with van der Waals surface area (Å²) in [6.45, 7) is 2.85. The molecule has 1 aliphatic rings. The number of carbonyl (C=O) groups is 1. The first-order chi connectivity index (χ1) is 7.99. The quantitative estimate of drug-likeness (QED) is 0.717. The third kappa shape index (κ3) is 2.55. The van der Waals surface area contributed by atoms with Gasteiger partial charge in [-0.1, -0.05) is 0 Å². The highest BCUT2D eigenvalue weighted by Crippen LogP contribution is 2.22. The highest BCUT2D eigenvalue weighted by molar-refractivity contribution is 5.96. The Labute approximate surface area is 98.5 Å². The lowest BCUT2D eigenvalue weighted by atomic mass is 9.98. The number of nitrogens with zero attached hydrogens (tertiary/aromatic N) is 3. The summed E-state index contributed by atoms with van der Waals surface area (Å²) in [6.07, 6.45) is 1.98. The van der Waals surface area contributed by atoms with Gasteiger partial charge in [0, 0.05) is 13.1 Å². The molecule has 0 aliphatic carbocycles. The molecule has 3 N–H and O–H groups in total. The van der Waals surface area contributed by atoms with Crippen molar-refractivity contribution in [3.05, 3.63) is 5.69 Å². The highest BCUT2D eigenvalue weighted by atomic mass is 16.6. The lowest BCUT2D eigenvalue weighted by molar-refractivity contribution is 0.0437. The Hall–Kier alpha value is -1.63. The first-order valence-electron chi connectivity index (χ1n) is 5.59. The topological polar surface area (TPSA) is 105 Å². The van der Waals surface area contributed by atoms with Gasteiger partial charge in [0.15, 0.2) is 0 Å². The summed E-state index contributed by atoms with van der Waals surface area (Å²) >= 11 is 0. The van der Waals surface area contributed by atoms with Crippen LogP contribution in [0.25, 0.3) is 0 Å². The molecule has 1 unspecified atom stereocenters. The van der Waals surface area contributed by atoms with E-state index in [1.54, 1.807) is 11.8 Å². The second kappa shape index (κ2) is 4.33. The van der Waals surface area contributed by atoms with Gasteiger partial charge in [-0.15, -0.1) is 0 Å². The maximum Gasteiger partial charge on any atom is 0.280 e. The van der Waals surface area contributed by atoms with Gasteiger partial charge in [-0.25, -0.2) is 4.63 Å². The summed E-state index contributed by atoms with van der Waals surface area (Å²) in [5.41, 5.74) is 4.82. The number of aliphatic hydroxyl groups is 1. The molecule has 2 heterocycles. The van der Waals surface area contributed by atoms with Gasteiger partial charge < -0.3 is 15.7 Å². The zero-order valence-electron chi connectivity index (χ0n) is 9.72. The predicted octanol–water partition coefficient (Wildman–Crippen LogP) is 0.0289. The Bertz CT molecular complexity index is 415. The van der Waals surface area contributed by atoms with Crippen LogP contribution in [0.2, 0.25) is 0 Å². The zero-order chi connectivity index (χ0) is 12.5. The van der Waals surface area contributed by atoms with Crippen LogP contribution in [0.4, 0.5) is 5.82 Å². The molecule has 1 aromatic rings. The standard InChI is InChI=1S/C10H16N4O3/c1-10(16)3-2-5-14(6-4-10)9(15)7-8(11)13-17-12-7/h16H,2-6H2,1H3,(H2,11,13). The van der Waals surface area contributed by atoms with Crippen molar-refractivity contribution in [2.24, 2.45) is 0 Å². The minimum absolute atomic E-state index is 0.00556. The molecule has 17 heavy (non-hydrogen) atoms. The molecular formula is C10H16N4O3. The molecular weight excluding hydrogens is 224 g/mol. The number of amides is 1. The fourth-order valence-electron chi connectivity index (χ4n) is 1.96. The summed E-state index contributed by atoms with van der Waals surface area (Å²) in [7, 11) is 0. The van der Waals surface area contributed by atoms with Crippen LogP contribution in [0.3, 0.4) is 0 Å². The van der Waals surface area contributed by atoms with Crippen molar-refractivity contribution >= 4 is 11.7 Å². The van der Waals surface area contributed by atoms with Crippen molar-refractivity contribution < 1.29 is 14.5 Å². The van der Waals surface area contributed by atoms with Gasteiger partial charge in [0.2, 0.25) is 11.5 Å². The monoisotopic (exact) mass is 240 g/mol. The summed E-state index contributed by atoms with van der Waals surface area (Å²) in [6, 6.07) is 0. The molecule has 1 fully saturated rings. The van der Waals surface area contributed by atoms with Crippen molar-refractivity contribution in [1.82, 2.24) is 15.2 Å². The van der Waals surface area contributed by atoms with Crippen molar-refractivity contribution in [1.29, 1.82) is 0 Å². The van der Waals surface area contributed by atoms with Gasteiger partial charge in [-0.2, -0.15) is 0 Å². The second-order valence-electron chi connectivity index (χ2n) is 4.64. The summed E-state index contributed by atoms with van der Waals surface area (Å²) in [5, 5.41) is 16.8.